The van der Waals surface area contributed by atoms with Crippen LogP contribution in [0.1, 0.15) is 92.9 Å². The standard InChI is InChI=1S/C36H60N4O6/c1-17-23(9-11-33(43)45-7)29-16-30-24(10-12-34(44)46-8)18(2)26(38-30)14-31-36(22(6)42)20(4)28(40-31)15-32-35(21(5)41)19(3)27(39-32)13-25(17)37-29/h17-20,23-32,35-40H,9-16H2,1-8H3. The summed E-state index contributed by atoms with van der Waals surface area (Å²) in [6.07, 6.45) is 5.79. The van der Waals surface area contributed by atoms with Crippen LogP contribution in [0.5, 0.6) is 0 Å². The highest BCUT2D eigenvalue weighted by atomic mass is 16.5. The fraction of sp³-hybridized carbons (Fsp3) is 0.889. The van der Waals surface area contributed by atoms with Gasteiger partial charge in [-0.1, -0.05) is 27.7 Å². The summed E-state index contributed by atoms with van der Waals surface area (Å²) in [6.45, 7) is 12.5. The third kappa shape index (κ3) is 7.10. The van der Waals surface area contributed by atoms with Crippen molar-refractivity contribution in [3.63, 3.8) is 0 Å². The number of carbonyl (C=O) groups is 4. The van der Waals surface area contributed by atoms with Gasteiger partial charge in [-0.2, -0.15) is 0 Å². The summed E-state index contributed by atoms with van der Waals surface area (Å²) in [7, 11) is 2.91. The molecular weight excluding hydrogens is 584 g/mol. The van der Waals surface area contributed by atoms with Gasteiger partial charge in [-0.25, -0.2) is 0 Å². The van der Waals surface area contributed by atoms with E-state index in [2.05, 4.69) is 49.0 Å². The SMILES string of the molecule is COC(=O)CCC1C2CC3NC(CC4NC(CC5NC(CC(N2)C1C)C(C)C5C(C)=O)C(C)C4C(C)=O)C(C)C3CCC(=O)OC. The molecule has 5 rings (SSSR count). The molecule has 10 heteroatoms. The largest absolute Gasteiger partial charge is 0.469 e. The Balaban J connectivity index is 1.49. The van der Waals surface area contributed by atoms with Gasteiger partial charge >= 0.3 is 11.9 Å². The van der Waals surface area contributed by atoms with Crippen LogP contribution in [0.2, 0.25) is 0 Å². The molecule has 0 aliphatic carbocycles. The van der Waals surface area contributed by atoms with Crippen molar-refractivity contribution in [2.75, 3.05) is 14.2 Å². The van der Waals surface area contributed by atoms with Gasteiger partial charge < -0.3 is 30.7 Å². The molecule has 5 fully saturated rings. The molecular formula is C36H60N4O6. The predicted octanol–water partition coefficient (Wildman–Crippen LogP) is 3.02. The zero-order valence-corrected chi connectivity index (χ0v) is 29.3. The summed E-state index contributed by atoms with van der Waals surface area (Å²) in [5, 5.41) is 15.9. The lowest BCUT2D eigenvalue weighted by Gasteiger charge is -2.28. The molecule has 5 heterocycles. The minimum Gasteiger partial charge on any atom is -0.469 e. The second-order valence-electron chi connectivity index (χ2n) is 15.7. The first kappa shape index (κ1) is 35.4. The van der Waals surface area contributed by atoms with Crippen molar-refractivity contribution in [1.29, 1.82) is 0 Å². The van der Waals surface area contributed by atoms with E-state index in [0.29, 0.717) is 30.6 Å². The number of Topliss-reactive ketones (excluding diaryl/α,β-unsaturated/α-hetero) is 2. The van der Waals surface area contributed by atoms with Crippen LogP contribution >= 0.6 is 0 Å². The lowest BCUT2D eigenvalue weighted by atomic mass is 9.76. The highest BCUT2D eigenvalue weighted by Gasteiger charge is 2.52. The molecule has 0 spiro atoms. The van der Waals surface area contributed by atoms with E-state index in [1.54, 1.807) is 13.8 Å². The Kier molecular flexibility index (Phi) is 11.3. The van der Waals surface area contributed by atoms with E-state index in [-0.39, 0.29) is 101 Å². The molecule has 16 unspecified atom stereocenters. The number of fused-ring (bicyclic) bond motifs is 8. The summed E-state index contributed by atoms with van der Waals surface area (Å²) in [6, 6.07) is 1.32. The van der Waals surface area contributed by atoms with E-state index >= 15 is 0 Å². The lowest BCUT2D eigenvalue weighted by Crippen LogP contribution is -2.46. The maximum absolute atomic E-state index is 13.1. The molecule has 0 aromatic carbocycles. The van der Waals surface area contributed by atoms with Crippen LogP contribution in [-0.4, -0.2) is 86.1 Å². The predicted molar refractivity (Wildman–Crippen MR) is 176 cm³/mol. The summed E-state index contributed by atoms with van der Waals surface area (Å²) in [5.74, 6) is 1.63. The van der Waals surface area contributed by atoms with Crippen molar-refractivity contribution >= 4 is 23.5 Å². The normalized spacial score (nSPS) is 45.4. The van der Waals surface area contributed by atoms with Gasteiger partial charge in [0, 0.05) is 73.0 Å². The number of rotatable bonds is 8. The summed E-state index contributed by atoms with van der Waals surface area (Å²) >= 11 is 0. The molecule has 46 heavy (non-hydrogen) atoms. The molecule has 5 aliphatic heterocycles. The average Bonchev–Trinajstić information content (AvgIpc) is 3.67. The number of hydrogen-bond acceptors (Lipinski definition) is 10. The molecule has 16 atom stereocenters. The van der Waals surface area contributed by atoms with E-state index in [0.717, 1.165) is 38.5 Å². The highest BCUT2D eigenvalue weighted by molar-refractivity contribution is 5.80. The molecule has 0 radical (unpaired) electrons. The van der Waals surface area contributed by atoms with E-state index in [1.165, 1.54) is 14.2 Å². The smallest absolute Gasteiger partial charge is 0.305 e. The first-order valence-corrected chi connectivity index (χ1v) is 18.0. The maximum Gasteiger partial charge on any atom is 0.305 e. The van der Waals surface area contributed by atoms with Gasteiger partial charge in [0.2, 0.25) is 0 Å². The van der Waals surface area contributed by atoms with Crippen molar-refractivity contribution in [3.8, 4) is 0 Å². The monoisotopic (exact) mass is 644 g/mol. The number of ether oxygens (including phenoxy) is 2. The van der Waals surface area contributed by atoms with E-state index < -0.39 is 0 Å². The van der Waals surface area contributed by atoms with E-state index in [4.69, 9.17) is 9.47 Å². The third-order valence-electron chi connectivity index (χ3n) is 13.4. The van der Waals surface area contributed by atoms with Crippen molar-refractivity contribution in [2.45, 2.75) is 141 Å². The fourth-order valence-corrected chi connectivity index (χ4v) is 10.9. The van der Waals surface area contributed by atoms with Gasteiger partial charge in [0.15, 0.2) is 0 Å². The van der Waals surface area contributed by atoms with Gasteiger partial charge in [-0.05, 0) is 87.9 Å². The topological polar surface area (TPSA) is 135 Å². The van der Waals surface area contributed by atoms with E-state index in [9.17, 15) is 19.2 Å². The van der Waals surface area contributed by atoms with Gasteiger partial charge in [0.1, 0.15) is 11.6 Å². The van der Waals surface area contributed by atoms with Crippen molar-refractivity contribution in [2.24, 2.45) is 47.3 Å². The quantitative estimate of drug-likeness (QED) is 0.292. The Bertz CT molecular complexity index is 1130. The Labute approximate surface area is 276 Å². The minimum atomic E-state index is -0.178. The second-order valence-corrected chi connectivity index (χ2v) is 15.7. The van der Waals surface area contributed by atoms with Gasteiger partial charge in [0.05, 0.1) is 14.2 Å². The highest BCUT2D eigenvalue weighted by Crippen LogP contribution is 2.44. The van der Waals surface area contributed by atoms with Crippen molar-refractivity contribution < 1.29 is 28.7 Å². The first-order chi connectivity index (χ1) is 21.8. The molecule has 5 aliphatic rings. The Morgan fingerprint density at radius 2 is 0.804 bits per heavy atom. The molecule has 0 amide bonds. The number of ketones is 2. The Morgan fingerprint density at radius 3 is 1.15 bits per heavy atom. The van der Waals surface area contributed by atoms with Crippen LogP contribution in [-0.2, 0) is 28.7 Å². The summed E-state index contributed by atoms with van der Waals surface area (Å²) in [4.78, 5) is 50.8. The molecule has 0 saturated carbocycles. The van der Waals surface area contributed by atoms with Crippen LogP contribution in [0, 0.1) is 47.3 Å². The van der Waals surface area contributed by atoms with Crippen molar-refractivity contribution in [1.82, 2.24) is 21.3 Å². The maximum atomic E-state index is 13.1. The van der Waals surface area contributed by atoms with Gasteiger partial charge in [0.25, 0.3) is 0 Å². The molecule has 0 aromatic heterocycles. The van der Waals surface area contributed by atoms with Crippen LogP contribution in [0.15, 0.2) is 0 Å². The fourth-order valence-electron chi connectivity index (χ4n) is 10.9. The molecule has 8 bridgehead atoms. The Morgan fingerprint density at radius 1 is 0.500 bits per heavy atom. The molecule has 0 aromatic rings. The number of methoxy groups -OCH3 is 2. The molecule has 260 valence electrons. The zero-order chi connectivity index (χ0) is 33.4. The molecule has 5 saturated heterocycles. The van der Waals surface area contributed by atoms with Crippen LogP contribution < -0.4 is 21.3 Å². The van der Waals surface area contributed by atoms with Crippen LogP contribution in [0.3, 0.4) is 0 Å². The molecule has 4 N–H and O–H groups in total. The van der Waals surface area contributed by atoms with E-state index in [1.807, 2.05) is 0 Å². The number of carbonyl (C=O) groups excluding carboxylic acids is 4. The second kappa shape index (κ2) is 14.7. The van der Waals surface area contributed by atoms with Crippen LogP contribution in [0.25, 0.3) is 0 Å². The van der Waals surface area contributed by atoms with Gasteiger partial charge in [-0.3, -0.25) is 19.2 Å². The third-order valence-corrected chi connectivity index (χ3v) is 13.4. The first-order valence-electron chi connectivity index (χ1n) is 18.0. The number of esters is 2. The number of nitrogens with one attached hydrogen (secondary N) is 4. The zero-order valence-electron chi connectivity index (χ0n) is 29.3. The average molecular weight is 645 g/mol. The van der Waals surface area contributed by atoms with Crippen LogP contribution in [0.4, 0.5) is 0 Å². The van der Waals surface area contributed by atoms with Gasteiger partial charge in [-0.15, -0.1) is 0 Å². The molecule has 10 nitrogen and oxygen atoms in total. The minimum absolute atomic E-state index is 0.0533. The summed E-state index contributed by atoms with van der Waals surface area (Å²) in [5.41, 5.74) is 0. The van der Waals surface area contributed by atoms with Crippen molar-refractivity contribution in [3.05, 3.63) is 0 Å². The Hall–Kier alpha value is -1.88. The number of hydrogen-bond donors (Lipinski definition) is 4. The lowest BCUT2D eigenvalue weighted by molar-refractivity contribution is -0.141. The summed E-state index contributed by atoms with van der Waals surface area (Å²) < 4.78 is 10.1.